The molecule has 0 saturated carbocycles. The second kappa shape index (κ2) is 12.9. The average molecular weight is 682 g/mol. The van der Waals surface area contributed by atoms with E-state index >= 15 is 0 Å². The first-order valence-electron chi connectivity index (χ1n) is 16.4. The first-order chi connectivity index (χ1) is 23.7. The number of nitrogens with zero attached hydrogens (tertiary/aromatic N) is 2. The van der Waals surface area contributed by atoms with Crippen molar-refractivity contribution >= 4 is 28.1 Å². The summed E-state index contributed by atoms with van der Waals surface area (Å²) in [6.45, 7) is 0. The Balaban J connectivity index is 0.00000348. The van der Waals surface area contributed by atoms with Crippen molar-refractivity contribution in [2.75, 3.05) is 0 Å². The van der Waals surface area contributed by atoms with Gasteiger partial charge in [0.1, 0.15) is 0 Å². The van der Waals surface area contributed by atoms with E-state index in [-0.39, 0.29) is 25.5 Å². The van der Waals surface area contributed by atoms with Crippen molar-refractivity contribution < 1.29 is 19.5 Å². The third kappa shape index (κ3) is 5.52. The number of nitrogens with one attached hydrogen (secondary N) is 2. The summed E-state index contributed by atoms with van der Waals surface area (Å²) in [7, 11) is 0. The third-order valence-electron chi connectivity index (χ3n) is 9.40. The van der Waals surface area contributed by atoms with Crippen LogP contribution in [0.4, 0.5) is 0 Å². The number of H-pyrrole nitrogens is 1. The molecule has 0 aliphatic carbocycles. The molecule has 5 heterocycles. The normalized spacial score (nSPS) is 20.7. The van der Waals surface area contributed by atoms with E-state index in [1.807, 2.05) is 0 Å². The molecule has 5 aromatic rings. The molecular weight excluding hydrogens is 650 g/mol. The number of rotatable bonds is 4. The fraction of sp³-hybridized carbons (Fsp3) is 0.0455. The van der Waals surface area contributed by atoms with Crippen molar-refractivity contribution in [3.63, 3.8) is 0 Å². The van der Waals surface area contributed by atoms with Crippen molar-refractivity contribution in [3.8, 4) is 0 Å². The Morgan fingerprint density at radius 2 is 1.06 bits per heavy atom. The van der Waals surface area contributed by atoms with E-state index < -0.39 is 5.54 Å². The Hall–Kier alpha value is -5.48. The Morgan fingerprint density at radius 3 is 1.67 bits per heavy atom. The summed E-state index contributed by atoms with van der Waals surface area (Å²) in [4.78, 5) is 14.5. The summed E-state index contributed by atoms with van der Waals surface area (Å²) in [6, 6.07) is 46.7. The summed E-state index contributed by atoms with van der Waals surface area (Å²) in [5.74, 6) is 0. The van der Waals surface area contributed by atoms with Gasteiger partial charge in [0.2, 0.25) is 0 Å². The van der Waals surface area contributed by atoms with Gasteiger partial charge in [0, 0.05) is 52.9 Å². The molecular formula is C44H32N4Zn. The Kier molecular flexibility index (Phi) is 8.09. The van der Waals surface area contributed by atoms with Crippen molar-refractivity contribution in [2.24, 2.45) is 9.98 Å². The van der Waals surface area contributed by atoms with Crippen LogP contribution in [0.2, 0.25) is 0 Å². The minimum Gasteiger partial charge on any atom is -0.354 e. The monoisotopic (exact) mass is 680 g/mol. The Bertz CT molecular complexity index is 2390. The van der Waals surface area contributed by atoms with Gasteiger partial charge in [-0.05, 0) is 64.8 Å². The van der Waals surface area contributed by atoms with E-state index in [1.54, 1.807) is 0 Å². The molecule has 0 fully saturated rings. The topological polar surface area (TPSA) is 52.5 Å². The van der Waals surface area contributed by atoms with E-state index in [0.29, 0.717) is 0 Å². The molecule has 0 amide bonds. The molecule has 2 N–H and O–H groups in total. The molecule has 4 aromatic carbocycles. The zero-order chi connectivity index (χ0) is 31.9. The molecule has 4 aliphatic heterocycles. The molecule has 2 atom stereocenters. The summed E-state index contributed by atoms with van der Waals surface area (Å²) < 4.78 is 0. The van der Waals surface area contributed by atoms with Crippen LogP contribution in [0.3, 0.4) is 0 Å². The first kappa shape index (κ1) is 30.8. The van der Waals surface area contributed by atoms with Crippen LogP contribution in [-0.2, 0) is 25.0 Å². The van der Waals surface area contributed by atoms with Crippen LogP contribution >= 0.6 is 0 Å². The van der Waals surface area contributed by atoms with Gasteiger partial charge in [-0.3, -0.25) is 5.32 Å². The van der Waals surface area contributed by atoms with Crippen LogP contribution in [0.15, 0.2) is 197 Å². The number of benzene rings is 4. The predicted molar refractivity (Wildman–Crippen MR) is 197 cm³/mol. The SMILES string of the molecule is C1=CC2=NC1=CC1C=CC(c3ccccc3)(N1)C(c1ccccc1)=C1C=CC(=N1)C(c1ccccc1)=c1ccc([nH]1)=C2c1ccccc1.[Zn]. The average Bonchev–Trinajstić information content (AvgIpc) is 3.97. The zero-order valence-electron chi connectivity index (χ0n) is 26.9. The zero-order valence-corrected chi connectivity index (χ0v) is 29.9. The molecule has 2 unspecified atom stereocenters. The smallest absolute Gasteiger partial charge is 0.0912 e. The summed E-state index contributed by atoms with van der Waals surface area (Å²) in [5.41, 5.74) is 10.7. The van der Waals surface area contributed by atoms with E-state index in [9.17, 15) is 0 Å². The van der Waals surface area contributed by atoms with Gasteiger partial charge in [0.15, 0.2) is 0 Å². The fourth-order valence-electron chi connectivity index (χ4n) is 7.28. The van der Waals surface area contributed by atoms with Gasteiger partial charge < -0.3 is 4.98 Å². The molecule has 0 saturated heterocycles. The molecule has 9 rings (SSSR count). The molecule has 5 heteroatoms. The standard InChI is InChI=1S/C44H32N4.Zn/c1-5-13-30(14-6-1)41-36-22-21-34(45-36)29-35-27-28-44(48-35,33-19-11-4-12-20-33)43(32-17-9-3-10-18-32)40-26-25-39(47-40)42(31-15-7-2-8-16-31)38-24-23-37(41)46-38;/h1-29,35,46,48H;. The van der Waals surface area contributed by atoms with Gasteiger partial charge >= 0.3 is 0 Å². The van der Waals surface area contributed by atoms with Crippen LogP contribution < -0.4 is 16.0 Å². The minimum absolute atomic E-state index is 0. The number of aliphatic imine (C=N–C) groups is 2. The van der Waals surface area contributed by atoms with Gasteiger partial charge in [-0.25, -0.2) is 9.98 Å². The number of aromatic nitrogens is 1. The van der Waals surface area contributed by atoms with Gasteiger partial charge in [-0.1, -0.05) is 133 Å². The van der Waals surface area contributed by atoms with E-state index in [0.717, 1.165) is 72.5 Å². The number of fused-ring (bicyclic) bond motifs is 6. The fourth-order valence-corrected chi connectivity index (χ4v) is 7.28. The molecule has 49 heavy (non-hydrogen) atoms. The maximum atomic E-state index is 5.47. The van der Waals surface area contributed by atoms with Crippen LogP contribution in [0.5, 0.6) is 0 Å². The minimum atomic E-state index is -0.636. The third-order valence-corrected chi connectivity index (χ3v) is 9.40. The largest absolute Gasteiger partial charge is 0.354 e. The molecule has 230 valence electrons. The van der Waals surface area contributed by atoms with Crippen LogP contribution in [-0.4, -0.2) is 22.4 Å². The van der Waals surface area contributed by atoms with Gasteiger partial charge in [-0.2, -0.15) is 0 Å². The van der Waals surface area contributed by atoms with E-state index in [2.05, 4.69) is 186 Å². The van der Waals surface area contributed by atoms with Gasteiger partial charge in [-0.15, -0.1) is 0 Å². The molecule has 0 radical (unpaired) electrons. The van der Waals surface area contributed by atoms with Crippen molar-refractivity contribution in [2.45, 2.75) is 11.6 Å². The van der Waals surface area contributed by atoms with Crippen molar-refractivity contribution in [1.29, 1.82) is 0 Å². The Morgan fingerprint density at radius 1 is 0.531 bits per heavy atom. The van der Waals surface area contributed by atoms with Crippen molar-refractivity contribution in [1.82, 2.24) is 10.3 Å². The molecule has 4 aliphatic rings. The van der Waals surface area contributed by atoms with Crippen LogP contribution in [0.25, 0.3) is 16.7 Å². The van der Waals surface area contributed by atoms with Crippen molar-refractivity contribution in [3.05, 3.63) is 220 Å². The summed E-state index contributed by atoms with van der Waals surface area (Å²) in [6.07, 6.45) is 15.4. The number of hydrogen-bond donors (Lipinski definition) is 2. The van der Waals surface area contributed by atoms with E-state index in [1.165, 1.54) is 0 Å². The first-order valence-corrected chi connectivity index (χ1v) is 16.4. The maximum Gasteiger partial charge on any atom is 0.0912 e. The number of aromatic amines is 1. The van der Waals surface area contributed by atoms with Crippen LogP contribution in [0, 0.1) is 0 Å². The second-order valence-electron chi connectivity index (χ2n) is 12.3. The second-order valence-corrected chi connectivity index (χ2v) is 12.3. The van der Waals surface area contributed by atoms with Crippen LogP contribution in [0.1, 0.15) is 22.3 Å². The Labute approximate surface area is 298 Å². The summed E-state index contributed by atoms with van der Waals surface area (Å²) in [5, 5.41) is 6.04. The molecule has 8 bridgehead atoms. The van der Waals surface area contributed by atoms with E-state index in [4.69, 9.17) is 9.98 Å². The molecule has 4 nitrogen and oxygen atoms in total. The summed E-state index contributed by atoms with van der Waals surface area (Å²) >= 11 is 0. The van der Waals surface area contributed by atoms with Gasteiger partial charge in [0.05, 0.1) is 28.4 Å². The number of hydrogen-bond acceptors (Lipinski definition) is 3. The quantitative estimate of drug-likeness (QED) is 0.154. The van der Waals surface area contributed by atoms with Gasteiger partial charge in [0.25, 0.3) is 0 Å². The predicted octanol–water partition coefficient (Wildman–Crippen LogP) is 7.16. The molecule has 0 spiro atoms. The maximum absolute atomic E-state index is 5.47. The number of allylic oxidation sites excluding steroid dienone is 4. The molecule has 1 aromatic heterocycles.